The number of aromatic amines is 1. The van der Waals surface area contributed by atoms with Gasteiger partial charge in [-0.2, -0.15) is 0 Å². The van der Waals surface area contributed by atoms with Gasteiger partial charge in [0.2, 0.25) is 11.8 Å². The molecule has 0 radical (unpaired) electrons. The third kappa shape index (κ3) is 7.39. The standard InChI is InChI=1S/C33H41Cl2N5O4S/c1-5-18(3)26(29(36)45)38-31(42)33(13-12-25-23(16-33)22-14-21(34)15-24(35)27(22)37-25)39-30(41)28(19(4)6-2)40(32(43)44)17-20-10-8-7-9-11-20/h7-11,14-15,18-19,26,28,37H,5-6,12-13,16-17H2,1-4H3,(H2,36,45)(H,38,42)(H,39,41)(H,43,44)/t18-,19-,26?,28?,33+/m0/s1. The Morgan fingerprint density at radius 2 is 1.78 bits per heavy atom. The molecule has 1 aromatic heterocycles. The number of benzene rings is 2. The predicted octanol–water partition coefficient (Wildman–Crippen LogP) is 6.23. The second-order valence-electron chi connectivity index (χ2n) is 12.1. The van der Waals surface area contributed by atoms with Gasteiger partial charge in [0.05, 0.1) is 21.6 Å². The van der Waals surface area contributed by atoms with E-state index in [1.165, 1.54) is 0 Å². The van der Waals surface area contributed by atoms with E-state index >= 15 is 0 Å². The average molecular weight is 675 g/mol. The highest BCUT2D eigenvalue weighted by atomic mass is 35.5. The molecule has 0 saturated heterocycles. The number of carboxylic acid groups (broad SMARTS) is 1. The Kier molecular flexibility index (Phi) is 11.0. The van der Waals surface area contributed by atoms with Crippen molar-refractivity contribution in [2.45, 2.75) is 84.0 Å². The minimum absolute atomic E-state index is 0.0128. The predicted molar refractivity (Wildman–Crippen MR) is 183 cm³/mol. The minimum atomic E-state index is -1.44. The van der Waals surface area contributed by atoms with Crippen LogP contribution in [0.1, 0.15) is 63.8 Å². The number of aromatic nitrogens is 1. The fourth-order valence-corrected chi connectivity index (χ4v) is 6.97. The van der Waals surface area contributed by atoms with E-state index in [9.17, 15) is 19.5 Å². The monoisotopic (exact) mass is 673 g/mol. The summed E-state index contributed by atoms with van der Waals surface area (Å²) in [4.78, 5) is 46.1. The van der Waals surface area contributed by atoms with Crippen molar-refractivity contribution in [1.29, 1.82) is 0 Å². The molecular formula is C33H41Cl2N5O4S. The van der Waals surface area contributed by atoms with Crippen LogP contribution in [0.2, 0.25) is 10.0 Å². The van der Waals surface area contributed by atoms with Gasteiger partial charge < -0.3 is 26.5 Å². The highest BCUT2D eigenvalue weighted by Gasteiger charge is 2.47. The molecule has 4 rings (SSSR count). The van der Waals surface area contributed by atoms with Gasteiger partial charge in [-0.05, 0) is 47.9 Å². The van der Waals surface area contributed by atoms with E-state index in [0.29, 0.717) is 34.8 Å². The Labute approximate surface area is 279 Å². The SMILES string of the molecule is CC[C@H](C)C(NC(=O)[C@@]1(NC(=O)C([C@@H](C)CC)N(Cc2ccccc2)C(=O)O)CCc2[nH]c3c(Cl)cc(Cl)cc3c2C1)C(N)=S. The number of carbonyl (C=O) groups excluding carboxylic acids is 2. The summed E-state index contributed by atoms with van der Waals surface area (Å²) in [5.74, 6) is -1.38. The molecule has 1 aliphatic rings. The summed E-state index contributed by atoms with van der Waals surface area (Å²) >= 11 is 18.2. The molecule has 9 nitrogen and oxygen atoms in total. The third-order valence-electron chi connectivity index (χ3n) is 9.13. The van der Waals surface area contributed by atoms with E-state index in [1.54, 1.807) is 12.1 Å². The number of aryl methyl sites for hydroxylation is 1. The van der Waals surface area contributed by atoms with Gasteiger partial charge in [-0.25, -0.2) is 4.79 Å². The lowest BCUT2D eigenvalue weighted by Crippen LogP contribution is -2.67. The Bertz CT molecular complexity index is 1580. The molecule has 2 aromatic carbocycles. The van der Waals surface area contributed by atoms with Crippen LogP contribution in [-0.2, 0) is 29.0 Å². The van der Waals surface area contributed by atoms with Crippen LogP contribution < -0.4 is 16.4 Å². The maximum Gasteiger partial charge on any atom is 0.408 e. The van der Waals surface area contributed by atoms with Crippen LogP contribution in [0.15, 0.2) is 42.5 Å². The molecule has 12 heteroatoms. The molecule has 242 valence electrons. The molecule has 1 heterocycles. The molecule has 0 bridgehead atoms. The molecule has 5 atom stereocenters. The number of carbonyl (C=O) groups is 3. The first-order valence-corrected chi connectivity index (χ1v) is 16.4. The minimum Gasteiger partial charge on any atom is -0.465 e. The van der Waals surface area contributed by atoms with Crippen molar-refractivity contribution in [3.63, 3.8) is 0 Å². The summed E-state index contributed by atoms with van der Waals surface area (Å²) in [7, 11) is 0. The number of rotatable bonds is 12. The van der Waals surface area contributed by atoms with Crippen molar-refractivity contribution in [2.75, 3.05) is 0 Å². The van der Waals surface area contributed by atoms with Crippen molar-refractivity contribution in [3.05, 3.63) is 69.3 Å². The molecule has 3 amide bonds. The zero-order chi connectivity index (χ0) is 33.1. The van der Waals surface area contributed by atoms with Gasteiger partial charge in [0.1, 0.15) is 11.6 Å². The fourth-order valence-electron chi connectivity index (χ4n) is 6.14. The average Bonchev–Trinajstić information content (AvgIpc) is 3.36. The Hall–Kier alpha value is -3.34. The second-order valence-corrected chi connectivity index (χ2v) is 13.4. The summed E-state index contributed by atoms with van der Waals surface area (Å²) < 4.78 is 0. The van der Waals surface area contributed by atoms with Gasteiger partial charge in [0.15, 0.2) is 0 Å². The van der Waals surface area contributed by atoms with Crippen molar-refractivity contribution < 1.29 is 19.5 Å². The summed E-state index contributed by atoms with van der Waals surface area (Å²) in [6.07, 6.45) is 0.827. The number of halogens is 2. The Balaban J connectivity index is 1.79. The van der Waals surface area contributed by atoms with Crippen LogP contribution in [0, 0.1) is 11.8 Å². The van der Waals surface area contributed by atoms with E-state index in [-0.39, 0.29) is 36.2 Å². The van der Waals surface area contributed by atoms with E-state index in [1.807, 2.05) is 58.0 Å². The highest BCUT2D eigenvalue weighted by molar-refractivity contribution is 7.80. The number of hydrogen-bond donors (Lipinski definition) is 5. The van der Waals surface area contributed by atoms with Gasteiger partial charge in [-0.3, -0.25) is 14.5 Å². The molecule has 0 spiro atoms. The van der Waals surface area contributed by atoms with Gasteiger partial charge >= 0.3 is 6.09 Å². The van der Waals surface area contributed by atoms with Crippen molar-refractivity contribution in [1.82, 2.24) is 20.5 Å². The number of nitrogens with one attached hydrogen (secondary N) is 3. The fraction of sp³-hybridized carbons (Fsp3) is 0.455. The van der Waals surface area contributed by atoms with Gasteiger partial charge in [0.25, 0.3) is 0 Å². The van der Waals surface area contributed by atoms with Crippen LogP contribution in [0.25, 0.3) is 10.9 Å². The summed E-state index contributed by atoms with van der Waals surface area (Å²) in [6, 6.07) is 10.9. The normalized spacial score (nSPS) is 18.7. The number of fused-ring (bicyclic) bond motifs is 3. The summed E-state index contributed by atoms with van der Waals surface area (Å²) in [5, 5.41) is 18.1. The number of nitrogens with two attached hydrogens (primary N) is 1. The van der Waals surface area contributed by atoms with E-state index in [2.05, 4.69) is 15.6 Å². The first kappa shape index (κ1) is 34.5. The molecule has 0 fully saturated rings. The number of thiocarbonyl (C=S) groups is 1. The lowest BCUT2D eigenvalue weighted by atomic mass is 9.78. The molecule has 6 N–H and O–H groups in total. The second kappa shape index (κ2) is 14.4. The van der Waals surface area contributed by atoms with Gasteiger partial charge in [-0.15, -0.1) is 0 Å². The maximum absolute atomic E-state index is 14.4. The van der Waals surface area contributed by atoms with Crippen LogP contribution >= 0.6 is 35.4 Å². The number of hydrogen-bond acceptors (Lipinski definition) is 4. The molecule has 2 unspecified atom stereocenters. The van der Waals surface area contributed by atoms with Gasteiger partial charge in [-0.1, -0.05) is 106 Å². The van der Waals surface area contributed by atoms with Crippen molar-refractivity contribution >= 4 is 69.2 Å². The van der Waals surface area contributed by atoms with Crippen LogP contribution in [0.4, 0.5) is 4.79 Å². The van der Waals surface area contributed by atoms with Crippen LogP contribution in [0.5, 0.6) is 0 Å². The van der Waals surface area contributed by atoms with E-state index in [0.717, 1.165) is 27.1 Å². The summed E-state index contributed by atoms with van der Waals surface area (Å²) in [6.45, 7) is 7.69. The molecule has 1 aliphatic carbocycles. The number of nitrogens with zero attached hydrogens (tertiary/aromatic N) is 1. The van der Waals surface area contributed by atoms with Crippen molar-refractivity contribution in [3.8, 4) is 0 Å². The van der Waals surface area contributed by atoms with Crippen LogP contribution in [0.3, 0.4) is 0 Å². The third-order valence-corrected chi connectivity index (χ3v) is 9.90. The number of H-pyrrole nitrogens is 1. The first-order chi connectivity index (χ1) is 21.3. The zero-order valence-corrected chi connectivity index (χ0v) is 28.3. The number of amides is 3. The topological polar surface area (TPSA) is 141 Å². The van der Waals surface area contributed by atoms with Crippen molar-refractivity contribution in [2.24, 2.45) is 17.6 Å². The molecule has 0 aliphatic heterocycles. The molecule has 0 saturated carbocycles. The lowest BCUT2D eigenvalue weighted by Gasteiger charge is -2.41. The highest BCUT2D eigenvalue weighted by Crippen LogP contribution is 2.38. The van der Waals surface area contributed by atoms with E-state index < -0.39 is 35.5 Å². The smallest absolute Gasteiger partial charge is 0.408 e. The first-order valence-electron chi connectivity index (χ1n) is 15.3. The zero-order valence-electron chi connectivity index (χ0n) is 26.0. The quantitative estimate of drug-likeness (QED) is 0.144. The molecular weight excluding hydrogens is 633 g/mol. The van der Waals surface area contributed by atoms with E-state index in [4.69, 9.17) is 41.2 Å². The molecule has 45 heavy (non-hydrogen) atoms. The van der Waals surface area contributed by atoms with Gasteiger partial charge in [0, 0.05) is 29.1 Å². The Morgan fingerprint density at radius 3 is 2.38 bits per heavy atom. The maximum atomic E-state index is 14.4. The Morgan fingerprint density at radius 1 is 1.11 bits per heavy atom. The lowest BCUT2D eigenvalue weighted by molar-refractivity contribution is -0.137. The van der Waals surface area contributed by atoms with Crippen LogP contribution in [-0.4, -0.2) is 55.5 Å². The summed E-state index contributed by atoms with van der Waals surface area (Å²) in [5.41, 5.74) is 7.80. The molecule has 3 aromatic rings. The largest absolute Gasteiger partial charge is 0.465 e.